The monoisotopic (exact) mass is 557 g/mol. The normalized spacial score (nSPS) is 12.5. The number of anilines is 1. The molecule has 0 radical (unpaired) electrons. The number of aryl methyl sites for hydroxylation is 1. The molecule has 4 aromatic rings. The number of thiazole rings is 1. The molecule has 1 aliphatic rings. The van der Waals surface area contributed by atoms with Crippen LogP contribution in [0.3, 0.4) is 0 Å². The fraction of sp³-hybridized carbons (Fsp3) is 0.208. The molecule has 0 aliphatic carbocycles. The van der Waals surface area contributed by atoms with Gasteiger partial charge in [0, 0.05) is 23.0 Å². The van der Waals surface area contributed by atoms with Crippen LogP contribution in [-0.2, 0) is 13.1 Å². The van der Waals surface area contributed by atoms with E-state index in [0.29, 0.717) is 33.4 Å². The van der Waals surface area contributed by atoms with Crippen LogP contribution < -0.4 is 10.1 Å². The highest BCUT2D eigenvalue weighted by Crippen LogP contribution is 2.35. The minimum absolute atomic E-state index is 0.120. The maximum absolute atomic E-state index is 13.3. The number of methoxy groups -OCH3 is 1. The highest BCUT2D eigenvalue weighted by molar-refractivity contribution is 7.16. The SMILES string of the molecule is COc1cnc(Cl)cc1-c1cc(C)ncc1C(=O)Nc1nc2c(s1)CN(C(=O)c1cc(C(F)F)ncn1)C2. The van der Waals surface area contributed by atoms with Gasteiger partial charge in [-0.2, -0.15) is 0 Å². The van der Waals surface area contributed by atoms with E-state index < -0.39 is 23.9 Å². The van der Waals surface area contributed by atoms with Crippen molar-refractivity contribution in [1.82, 2.24) is 29.8 Å². The second-order valence-electron chi connectivity index (χ2n) is 8.21. The summed E-state index contributed by atoms with van der Waals surface area (Å²) in [6.45, 7) is 2.16. The number of halogens is 3. The highest BCUT2D eigenvalue weighted by Gasteiger charge is 2.30. The minimum atomic E-state index is -2.81. The van der Waals surface area contributed by atoms with Crippen molar-refractivity contribution in [2.45, 2.75) is 26.4 Å². The number of rotatable bonds is 6. The number of aromatic nitrogens is 5. The third kappa shape index (κ3) is 5.02. The number of pyridine rings is 2. The second kappa shape index (κ2) is 10.3. The first-order valence-corrected chi connectivity index (χ1v) is 12.3. The van der Waals surface area contributed by atoms with Crippen molar-refractivity contribution >= 4 is 39.9 Å². The van der Waals surface area contributed by atoms with Crippen molar-refractivity contribution in [3.63, 3.8) is 0 Å². The number of hydrogen-bond donors (Lipinski definition) is 1. The van der Waals surface area contributed by atoms with E-state index in [0.717, 1.165) is 17.3 Å². The van der Waals surface area contributed by atoms with Crippen molar-refractivity contribution in [2.75, 3.05) is 12.4 Å². The molecular formula is C24H18ClF2N7O3S. The van der Waals surface area contributed by atoms with Gasteiger partial charge in [-0.15, -0.1) is 0 Å². The topological polar surface area (TPSA) is 123 Å². The van der Waals surface area contributed by atoms with E-state index in [1.165, 1.54) is 35.7 Å². The van der Waals surface area contributed by atoms with Crippen molar-refractivity contribution in [2.24, 2.45) is 0 Å². The highest BCUT2D eigenvalue weighted by atomic mass is 35.5. The van der Waals surface area contributed by atoms with Crippen LogP contribution in [0.1, 0.15) is 49.2 Å². The fourth-order valence-electron chi connectivity index (χ4n) is 3.93. The maximum Gasteiger partial charge on any atom is 0.280 e. The second-order valence-corrected chi connectivity index (χ2v) is 9.68. The summed E-state index contributed by atoms with van der Waals surface area (Å²) in [6.07, 6.45) is 1.07. The first kappa shape index (κ1) is 25.5. The number of hydrogen-bond acceptors (Lipinski definition) is 9. The Bertz CT molecular complexity index is 1540. The molecule has 1 N–H and O–H groups in total. The van der Waals surface area contributed by atoms with Crippen molar-refractivity contribution in [3.8, 4) is 16.9 Å². The van der Waals surface area contributed by atoms with Crippen molar-refractivity contribution in [1.29, 1.82) is 0 Å². The van der Waals surface area contributed by atoms with Crippen LogP contribution in [-0.4, -0.2) is 48.7 Å². The minimum Gasteiger partial charge on any atom is -0.494 e. The van der Waals surface area contributed by atoms with E-state index in [1.807, 2.05) is 0 Å². The van der Waals surface area contributed by atoms with Crippen LogP contribution in [0.2, 0.25) is 5.15 Å². The predicted octanol–water partition coefficient (Wildman–Crippen LogP) is 4.71. The lowest BCUT2D eigenvalue weighted by atomic mass is 10.0. The summed E-state index contributed by atoms with van der Waals surface area (Å²) in [4.78, 5) is 48.3. The van der Waals surface area contributed by atoms with Gasteiger partial charge in [0.05, 0.1) is 42.5 Å². The Hall–Kier alpha value is -4.10. The van der Waals surface area contributed by atoms with E-state index in [1.54, 1.807) is 19.1 Å². The van der Waals surface area contributed by atoms with Gasteiger partial charge in [-0.1, -0.05) is 22.9 Å². The summed E-state index contributed by atoms with van der Waals surface area (Å²) in [5.74, 6) is -0.509. The quantitative estimate of drug-likeness (QED) is 0.338. The Morgan fingerprint density at radius 2 is 1.92 bits per heavy atom. The molecule has 0 fully saturated rings. The van der Waals surface area contributed by atoms with Gasteiger partial charge in [-0.05, 0) is 25.1 Å². The number of nitrogens with zero attached hydrogens (tertiary/aromatic N) is 6. The van der Waals surface area contributed by atoms with Crippen LogP contribution in [0.15, 0.2) is 36.9 Å². The third-order valence-electron chi connectivity index (χ3n) is 5.72. The lowest BCUT2D eigenvalue weighted by Gasteiger charge is -2.15. The predicted molar refractivity (Wildman–Crippen MR) is 134 cm³/mol. The summed E-state index contributed by atoms with van der Waals surface area (Å²) in [5.41, 5.74) is 2.08. The van der Waals surface area contributed by atoms with Crippen LogP contribution >= 0.6 is 22.9 Å². The average molecular weight is 558 g/mol. The lowest BCUT2D eigenvalue weighted by molar-refractivity contribution is 0.0743. The molecule has 0 spiro atoms. The van der Waals surface area contributed by atoms with E-state index >= 15 is 0 Å². The number of carbonyl (C=O) groups is 2. The number of nitrogens with one attached hydrogen (secondary N) is 1. The molecule has 1 aliphatic heterocycles. The standard InChI is InChI=1S/C24H18ClF2N7O3S/c1-11-3-12(13-4-20(25)29-7-18(13)37-2)14(6-28-11)22(35)33-24-32-17-8-34(9-19(17)38-24)23(36)16-5-15(21(26)27)30-10-31-16/h3-7,10,21H,8-9H2,1-2H3,(H,32,33,35). The largest absolute Gasteiger partial charge is 0.494 e. The summed E-state index contributed by atoms with van der Waals surface area (Å²) >= 11 is 7.32. The molecule has 38 heavy (non-hydrogen) atoms. The number of fused-ring (bicyclic) bond motifs is 1. The first-order valence-electron chi connectivity index (χ1n) is 11.1. The summed E-state index contributed by atoms with van der Waals surface area (Å²) in [5, 5.41) is 3.38. The molecule has 4 aromatic heterocycles. The van der Waals surface area contributed by atoms with Gasteiger partial charge in [-0.3, -0.25) is 19.9 Å². The van der Waals surface area contributed by atoms with Gasteiger partial charge in [0.2, 0.25) is 0 Å². The molecule has 10 nitrogen and oxygen atoms in total. The molecule has 0 bridgehead atoms. The smallest absolute Gasteiger partial charge is 0.280 e. The van der Waals surface area contributed by atoms with E-state index in [9.17, 15) is 18.4 Å². The molecule has 0 saturated heterocycles. The van der Waals surface area contributed by atoms with Crippen molar-refractivity contribution in [3.05, 3.63) is 75.3 Å². The van der Waals surface area contributed by atoms with Gasteiger partial charge < -0.3 is 9.64 Å². The maximum atomic E-state index is 13.3. The van der Waals surface area contributed by atoms with Gasteiger partial charge in [0.15, 0.2) is 5.13 Å². The van der Waals surface area contributed by atoms with Crippen LogP contribution in [0.5, 0.6) is 5.75 Å². The first-order chi connectivity index (χ1) is 18.2. The third-order valence-corrected chi connectivity index (χ3v) is 6.93. The van der Waals surface area contributed by atoms with Crippen LogP contribution in [0, 0.1) is 6.92 Å². The Balaban J connectivity index is 1.34. The van der Waals surface area contributed by atoms with Crippen LogP contribution in [0.25, 0.3) is 11.1 Å². The summed E-state index contributed by atoms with van der Waals surface area (Å²) in [6, 6.07) is 4.34. The number of carbonyl (C=O) groups excluding carboxylic acids is 2. The van der Waals surface area contributed by atoms with Crippen molar-refractivity contribution < 1.29 is 23.1 Å². The van der Waals surface area contributed by atoms with E-state index in [4.69, 9.17) is 16.3 Å². The Kier molecular flexibility index (Phi) is 6.95. The Labute approximate surface area is 223 Å². The average Bonchev–Trinajstić information content (AvgIpc) is 3.47. The van der Waals surface area contributed by atoms with Gasteiger partial charge in [0.25, 0.3) is 18.2 Å². The molecular weight excluding hydrogens is 540 g/mol. The molecule has 0 aromatic carbocycles. The van der Waals surface area contributed by atoms with E-state index in [2.05, 4.69) is 30.2 Å². The molecule has 5 rings (SSSR count). The molecule has 194 valence electrons. The Morgan fingerprint density at radius 1 is 1.11 bits per heavy atom. The van der Waals surface area contributed by atoms with Gasteiger partial charge >= 0.3 is 0 Å². The summed E-state index contributed by atoms with van der Waals surface area (Å²) in [7, 11) is 1.50. The summed E-state index contributed by atoms with van der Waals surface area (Å²) < 4.78 is 31.3. The molecule has 14 heteroatoms. The number of ether oxygens (including phenoxy) is 1. The zero-order valence-corrected chi connectivity index (χ0v) is 21.5. The molecule has 0 atom stereocenters. The van der Waals surface area contributed by atoms with E-state index in [-0.39, 0.29) is 29.5 Å². The van der Waals surface area contributed by atoms with Gasteiger partial charge in [0.1, 0.15) is 28.6 Å². The fourth-order valence-corrected chi connectivity index (χ4v) is 5.07. The zero-order chi connectivity index (χ0) is 27.0. The number of alkyl halides is 2. The van der Waals surface area contributed by atoms with Crippen LogP contribution in [0.4, 0.5) is 13.9 Å². The Morgan fingerprint density at radius 3 is 2.66 bits per heavy atom. The molecule has 0 unspecified atom stereocenters. The zero-order valence-electron chi connectivity index (χ0n) is 19.9. The molecule has 2 amide bonds. The van der Waals surface area contributed by atoms with Gasteiger partial charge in [-0.25, -0.2) is 28.7 Å². The molecule has 5 heterocycles. The number of amides is 2. The molecule has 0 saturated carbocycles. The lowest BCUT2D eigenvalue weighted by Crippen LogP contribution is -2.26.